The van der Waals surface area contributed by atoms with E-state index in [0.717, 1.165) is 24.0 Å². The molecule has 0 bridgehead atoms. The summed E-state index contributed by atoms with van der Waals surface area (Å²) in [5, 5.41) is 8.12. The Labute approximate surface area is 169 Å². The summed E-state index contributed by atoms with van der Waals surface area (Å²) in [5.74, 6) is -0.218. The van der Waals surface area contributed by atoms with Crippen molar-refractivity contribution in [1.82, 2.24) is 20.1 Å². The van der Waals surface area contributed by atoms with Crippen LogP contribution in [0, 0.1) is 12.8 Å². The number of aromatic nitrogens is 3. The van der Waals surface area contributed by atoms with Gasteiger partial charge >= 0.3 is 5.97 Å². The summed E-state index contributed by atoms with van der Waals surface area (Å²) in [6, 6.07) is 7.61. The summed E-state index contributed by atoms with van der Waals surface area (Å²) in [4.78, 5) is 41.2. The number of carbonyl (C=O) groups is 2. The number of rotatable bonds is 6. The maximum Gasteiger partial charge on any atom is 0.310 e. The lowest BCUT2D eigenvalue weighted by molar-refractivity contribution is -0.151. The molecule has 2 heterocycles. The molecule has 8 nitrogen and oxygen atoms in total. The molecule has 8 heteroatoms. The van der Waals surface area contributed by atoms with Crippen LogP contribution in [0.3, 0.4) is 0 Å². The fourth-order valence-corrected chi connectivity index (χ4v) is 3.40. The first-order valence-corrected chi connectivity index (χ1v) is 9.95. The summed E-state index contributed by atoms with van der Waals surface area (Å²) in [6.07, 6.45) is 1.85. The van der Waals surface area contributed by atoms with Gasteiger partial charge < -0.3 is 14.6 Å². The Hall–Kier alpha value is -3.03. The summed E-state index contributed by atoms with van der Waals surface area (Å²) >= 11 is 0. The monoisotopic (exact) mass is 398 g/mol. The lowest BCUT2D eigenvalue weighted by atomic mass is 9.98. The smallest absolute Gasteiger partial charge is 0.310 e. The molecular weight excluding hydrogens is 372 g/mol. The van der Waals surface area contributed by atoms with Crippen molar-refractivity contribution in [3.05, 3.63) is 45.9 Å². The third-order valence-corrected chi connectivity index (χ3v) is 5.06. The van der Waals surface area contributed by atoms with Crippen molar-refractivity contribution < 1.29 is 14.3 Å². The second-order valence-corrected chi connectivity index (χ2v) is 7.25. The summed E-state index contributed by atoms with van der Waals surface area (Å²) in [7, 11) is 0. The number of nitrogens with zero attached hydrogens (tertiary/aromatic N) is 3. The van der Waals surface area contributed by atoms with Gasteiger partial charge in [-0.1, -0.05) is 29.8 Å². The maximum atomic E-state index is 12.5. The Kier molecular flexibility index (Phi) is 6.74. The van der Waals surface area contributed by atoms with E-state index >= 15 is 0 Å². The van der Waals surface area contributed by atoms with Gasteiger partial charge in [0.25, 0.3) is 5.56 Å². The first kappa shape index (κ1) is 20.7. The number of ether oxygens (including phenoxy) is 1. The van der Waals surface area contributed by atoms with Gasteiger partial charge in [0.1, 0.15) is 5.69 Å². The van der Waals surface area contributed by atoms with Crippen molar-refractivity contribution in [1.29, 1.82) is 0 Å². The number of hydrogen-bond donors (Lipinski definition) is 1. The van der Waals surface area contributed by atoms with E-state index in [1.165, 1.54) is 0 Å². The molecule has 0 saturated carbocycles. The van der Waals surface area contributed by atoms with Crippen molar-refractivity contribution in [3.8, 4) is 11.4 Å². The zero-order chi connectivity index (χ0) is 20.8. The van der Waals surface area contributed by atoms with Crippen molar-refractivity contribution >= 4 is 11.9 Å². The van der Waals surface area contributed by atoms with E-state index in [1.807, 2.05) is 31.2 Å². The van der Waals surface area contributed by atoms with Gasteiger partial charge in [-0.25, -0.2) is 0 Å². The zero-order valence-corrected chi connectivity index (χ0v) is 16.8. The molecule has 0 aliphatic carbocycles. The SMILES string of the molecule is CCOC(=O)[C@@H]1CCCN(C(=O)CCc2nnc(-c3ccc(C)cc3)[nH]c2=O)C1. The molecule has 0 unspecified atom stereocenters. The Morgan fingerprint density at radius 2 is 2.00 bits per heavy atom. The number of benzene rings is 1. The van der Waals surface area contributed by atoms with Gasteiger partial charge in [0.2, 0.25) is 5.91 Å². The molecule has 1 N–H and O–H groups in total. The van der Waals surface area contributed by atoms with E-state index in [1.54, 1.807) is 11.8 Å². The molecule has 3 rings (SSSR count). The number of aromatic amines is 1. The third-order valence-electron chi connectivity index (χ3n) is 5.06. The highest BCUT2D eigenvalue weighted by atomic mass is 16.5. The average Bonchev–Trinajstić information content (AvgIpc) is 2.73. The Balaban J connectivity index is 1.59. The van der Waals surface area contributed by atoms with Gasteiger partial charge in [-0.3, -0.25) is 14.4 Å². The predicted octanol–water partition coefficient (Wildman–Crippen LogP) is 1.87. The minimum Gasteiger partial charge on any atom is -0.466 e. The molecule has 0 radical (unpaired) electrons. The van der Waals surface area contributed by atoms with Crippen LogP contribution in [-0.4, -0.2) is 51.7 Å². The Morgan fingerprint density at radius 1 is 1.24 bits per heavy atom. The Morgan fingerprint density at radius 3 is 2.69 bits per heavy atom. The van der Waals surface area contributed by atoms with E-state index in [2.05, 4.69) is 15.2 Å². The second kappa shape index (κ2) is 9.45. The second-order valence-electron chi connectivity index (χ2n) is 7.25. The van der Waals surface area contributed by atoms with Crippen LogP contribution < -0.4 is 5.56 Å². The number of hydrogen-bond acceptors (Lipinski definition) is 6. The van der Waals surface area contributed by atoms with Gasteiger partial charge in [-0.2, -0.15) is 0 Å². The molecule has 2 aromatic rings. The molecule has 1 fully saturated rings. The number of likely N-dealkylation sites (tertiary alicyclic amines) is 1. The topological polar surface area (TPSA) is 105 Å². The van der Waals surface area contributed by atoms with Gasteiger partial charge in [0.15, 0.2) is 5.82 Å². The van der Waals surface area contributed by atoms with Crippen molar-refractivity contribution in [3.63, 3.8) is 0 Å². The summed E-state index contributed by atoms with van der Waals surface area (Å²) in [5.41, 5.74) is 1.78. The largest absolute Gasteiger partial charge is 0.466 e. The minimum atomic E-state index is -0.341. The number of piperidine rings is 1. The quantitative estimate of drug-likeness (QED) is 0.745. The lowest BCUT2D eigenvalue weighted by Crippen LogP contribution is -2.43. The molecule has 1 atom stereocenters. The molecule has 1 aliphatic heterocycles. The lowest BCUT2D eigenvalue weighted by Gasteiger charge is -2.31. The molecule has 154 valence electrons. The summed E-state index contributed by atoms with van der Waals surface area (Å²) < 4.78 is 5.07. The van der Waals surface area contributed by atoms with E-state index in [4.69, 9.17) is 4.74 Å². The van der Waals surface area contributed by atoms with Crippen LogP contribution in [0.15, 0.2) is 29.1 Å². The van der Waals surface area contributed by atoms with Gasteiger partial charge in [-0.15, -0.1) is 10.2 Å². The van der Waals surface area contributed by atoms with E-state index in [-0.39, 0.29) is 41.9 Å². The number of aryl methyl sites for hydroxylation is 2. The molecule has 1 saturated heterocycles. The van der Waals surface area contributed by atoms with Gasteiger partial charge in [-0.05, 0) is 26.7 Å². The third kappa shape index (κ3) is 5.28. The van der Waals surface area contributed by atoms with Crippen molar-refractivity contribution in [2.75, 3.05) is 19.7 Å². The molecule has 29 heavy (non-hydrogen) atoms. The number of amides is 1. The van der Waals surface area contributed by atoms with E-state index < -0.39 is 0 Å². The molecule has 1 aromatic carbocycles. The fraction of sp³-hybridized carbons (Fsp3) is 0.476. The normalized spacial score (nSPS) is 16.5. The molecular formula is C21H26N4O4. The van der Waals surface area contributed by atoms with Crippen molar-refractivity contribution in [2.24, 2.45) is 5.92 Å². The molecule has 1 aromatic heterocycles. The van der Waals surface area contributed by atoms with Crippen LogP contribution in [0.4, 0.5) is 0 Å². The molecule has 1 amide bonds. The van der Waals surface area contributed by atoms with Crippen LogP contribution in [0.5, 0.6) is 0 Å². The van der Waals surface area contributed by atoms with Crippen molar-refractivity contribution in [2.45, 2.75) is 39.5 Å². The Bertz CT molecular complexity index is 923. The fourth-order valence-electron chi connectivity index (χ4n) is 3.40. The number of nitrogens with one attached hydrogen (secondary N) is 1. The standard InChI is InChI=1S/C21H26N4O4/c1-3-29-21(28)16-5-4-12-25(13-16)18(26)11-10-17-20(27)22-19(24-23-17)15-8-6-14(2)7-9-15/h6-9,16H,3-5,10-13H2,1-2H3,(H,22,24,27)/t16-/m1/s1. The van der Waals surface area contributed by atoms with Crippen LogP contribution in [0.1, 0.15) is 37.4 Å². The maximum absolute atomic E-state index is 12.5. The highest BCUT2D eigenvalue weighted by Gasteiger charge is 2.29. The van der Waals surface area contributed by atoms with Crippen LogP contribution in [0.25, 0.3) is 11.4 Å². The van der Waals surface area contributed by atoms with Gasteiger partial charge in [0, 0.05) is 31.5 Å². The average molecular weight is 398 g/mol. The molecule has 1 aliphatic rings. The van der Waals surface area contributed by atoms with E-state index in [0.29, 0.717) is 25.5 Å². The van der Waals surface area contributed by atoms with Crippen LogP contribution >= 0.6 is 0 Å². The highest BCUT2D eigenvalue weighted by molar-refractivity contribution is 5.78. The number of esters is 1. The number of carbonyl (C=O) groups excluding carboxylic acids is 2. The first-order chi connectivity index (χ1) is 14.0. The van der Waals surface area contributed by atoms with E-state index in [9.17, 15) is 14.4 Å². The number of H-pyrrole nitrogens is 1. The van der Waals surface area contributed by atoms with Crippen LogP contribution in [-0.2, 0) is 20.7 Å². The zero-order valence-electron chi connectivity index (χ0n) is 16.8. The van der Waals surface area contributed by atoms with Crippen LogP contribution in [0.2, 0.25) is 0 Å². The first-order valence-electron chi connectivity index (χ1n) is 9.95. The highest BCUT2D eigenvalue weighted by Crippen LogP contribution is 2.19. The predicted molar refractivity (Wildman–Crippen MR) is 107 cm³/mol. The summed E-state index contributed by atoms with van der Waals surface area (Å²) in [6.45, 7) is 5.07. The van der Waals surface area contributed by atoms with Gasteiger partial charge in [0.05, 0.1) is 12.5 Å². The molecule has 0 spiro atoms. The minimum absolute atomic E-state index is 0.0946.